The molecule has 0 aliphatic heterocycles. The molecule has 0 spiro atoms. The van der Waals surface area contributed by atoms with E-state index in [1.807, 2.05) is 0 Å². The van der Waals surface area contributed by atoms with Crippen molar-refractivity contribution in [3.05, 3.63) is 0 Å². The summed E-state index contributed by atoms with van der Waals surface area (Å²) in [5.74, 6) is 0.748. The zero-order valence-corrected chi connectivity index (χ0v) is 8.37. The molecule has 1 rings (SSSR count). The van der Waals surface area contributed by atoms with Gasteiger partial charge in [-0.25, -0.2) is 0 Å². The zero-order valence-electron chi connectivity index (χ0n) is 8.37. The summed E-state index contributed by atoms with van der Waals surface area (Å²) >= 11 is 0. The molecule has 0 aromatic rings. The van der Waals surface area contributed by atoms with E-state index >= 15 is 0 Å². The van der Waals surface area contributed by atoms with Crippen LogP contribution in [0.1, 0.15) is 32.1 Å². The van der Waals surface area contributed by atoms with E-state index in [0.717, 1.165) is 32.1 Å². The molecular formula is C10H22N2O. The summed E-state index contributed by atoms with van der Waals surface area (Å²) in [4.78, 5) is 0. The normalized spacial score (nSPS) is 29.1. The lowest BCUT2D eigenvalue weighted by atomic mass is 9.87. The molecule has 3 nitrogen and oxygen atoms in total. The maximum Gasteiger partial charge on any atom is 0.0494 e. The van der Waals surface area contributed by atoms with Crippen LogP contribution in [0.5, 0.6) is 0 Å². The van der Waals surface area contributed by atoms with E-state index in [2.05, 4.69) is 0 Å². The van der Waals surface area contributed by atoms with E-state index in [1.165, 1.54) is 25.7 Å². The van der Waals surface area contributed by atoms with Crippen molar-refractivity contribution in [1.29, 1.82) is 0 Å². The Bertz CT molecular complexity index is 122. The summed E-state index contributed by atoms with van der Waals surface area (Å²) in [5.41, 5.74) is 11.2. The molecule has 0 aromatic heterocycles. The Hall–Kier alpha value is -0.120. The number of rotatable bonds is 5. The van der Waals surface area contributed by atoms with Gasteiger partial charge >= 0.3 is 0 Å². The van der Waals surface area contributed by atoms with E-state index < -0.39 is 0 Å². The molecule has 78 valence electrons. The molecule has 4 N–H and O–H groups in total. The molecule has 0 atom stereocenters. The first-order valence-corrected chi connectivity index (χ1v) is 5.36. The topological polar surface area (TPSA) is 61.3 Å². The molecular weight excluding hydrogens is 164 g/mol. The Morgan fingerprint density at radius 2 is 1.85 bits per heavy atom. The molecule has 0 aromatic carbocycles. The first kappa shape index (κ1) is 11.0. The van der Waals surface area contributed by atoms with Crippen LogP contribution in [0.2, 0.25) is 0 Å². The maximum absolute atomic E-state index is 5.82. The lowest BCUT2D eigenvalue weighted by Crippen LogP contribution is -2.28. The van der Waals surface area contributed by atoms with Crippen LogP contribution in [0.3, 0.4) is 0 Å². The quantitative estimate of drug-likeness (QED) is 0.626. The lowest BCUT2D eigenvalue weighted by Gasteiger charge is -2.25. The summed E-state index contributed by atoms with van der Waals surface area (Å²) < 4.78 is 5.53. The first-order valence-electron chi connectivity index (χ1n) is 5.36. The zero-order chi connectivity index (χ0) is 9.52. The van der Waals surface area contributed by atoms with Crippen LogP contribution in [-0.4, -0.2) is 25.8 Å². The van der Waals surface area contributed by atoms with Gasteiger partial charge in [0.1, 0.15) is 0 Å². The fraction of sp³-hybridized carbons (Fsp3) is 1.00. The highest BCUT2D eigenvalue weighted by molar-refractivity contribution is 4.73. The molecule has 1 fully saturated rings. The highest BCUT2D eigenvalue weighted by atomic mass is 16.5. The van der Waals surface area contributed by atoms with Crippen LogP contribution in [0.15, 0.2) is 0 Å². The second-order valence-corrected chi connectivity index (χ2v) is 4.00. The minimum absolute atomic E-state index is 0.445. The molecule has 1 aliphatic rings. The van der Waals surface area contributed by atoms with Crippen molar-refractivity contribution in [3.8, 4) is 0 Å². The average Bonchev–Trinajstić information content (AvgIpc) is 2.15. The summed E-state index contributed by atoms with van der Waals surface area (Å²) in [6.07, 6.45) is 5.80. The predicted molar refractivity (Wildman–Crippen MR) is 54.4 cm³/mol. The number of ether oxygens (including phenoxy) is 1. The van der Waals surface area contributed by atoms with Gasteiger partial charge in [0, 0.05) is 19.3 Å². The van der Waals surface area contributed by atoms with Crippen LogP contribution >= 0.6 is 0 Å². The SMILES string of the molecule is NCCCOCC1CCC(N)CC1. The molecule has 1 aliphatic carbocycles. The van der Waals surface area contributed by atoms with Gasteiger partial charge in [-0.15, -0.1) is 0 Å². The molecule has 0 bridgehead atoms. The third kappa shape index (κ3) is 4.60. The third-order valence-electron chi connectivity index (χ3n) is 2.74. The first-order chi connectivity index (χ1) is 6.33. The Morgan fingerprint density at radius 3 is 2.46 bits per heavy atom. The number of nitrogens with two attached hydrogens (primary N) is 2. The predicted octanol–water partition coefficient (Wildman–Crippen LogP) is 0.869. The molecule has 1 saturated carbocycles. The molecule has 13 heavy (non-hydrogen) atoms. The Labute approximate surface area is 80.8 Å². The van der Waals surface area contributed by atoms with Gasteiger partial charge in [0.15, 0.2) is 0 Å². The van der Waals surface area contributed by atoms with Gasteiger partial charge in [-0.1, -0.05) is 0 Å². The van der Waals surface area contributed by atoms with Crippen LogP contribution in [0.4, 0.5) is 0 Å². The van der Waals surface area contributed by atoms with Gasteiger partial charge in [0.2, 0.25) is 0 Å². The Balaban J connectivity index is 1.96. The Kier molecular flexibility index (Phi) is 5.35. The highest BCUT2D eigenvalue weighted by Crippen LogP contribution is 2.23. The Morgan fingerprint density at radius 1 is 1.15 bits per heavy atom. The molecule has 0 heterocycles. The standard InChI is InChI=1S/C10H22N2O/c11-6-1-7-13-8-9-2-4-10(12)5-3-9/h9-10H,1-8,11-12H2. The van der Waals surface area contributed by atoms with Crippen LogP contribution in [0.25, 0.3) is 0 Å². The molecule has 0 unspecified atom stereocenters. The van der Waals surface area contributed by atoms with Crippen LogP contribution < -0.4 is 11.5 Å². The molecule has 3 heteroatoms. The fourth-order valence-electron chi connectivity index (χ4n) is 1.79. The largest absolute Gasteiger partial charge is 0.381 e. The molecule has 0 saturated heterocycles. The minimum Gasteiger partial charge on any atom is -0.381 e. The summed E-state index contributed by atoms with van der Waals surface area (Å²) in [7, 11) is 0. The fourth-order valence-corrected chi connectivity index (χ4v) is 1.79. The van der Waals surface area contributed by atoms with E-state index in [9.17, 15) is 0 Å². The maximum atomic E-state index is 5.82. The van der Waals surface area contributed by atoms with Gasteiger partial charge in [-0.05, 0) is 44.6 Å². The third-order valence-corrected chi connectivity index (χ3v) is 2.74. The van der Waals surface area contributed by atoms with E-state index in [0.29, 0.717) is 6.04 Å². The monoisotopic (exact) mass is 186 g/mol. The van der Waals surface area contributed by atoms with Crippen molar-refractivity contribution in [2.45, 2.75) is 38.1 Å². The van der Waals surface area contributed by atoms with Crippen molar-refractivity contribution in [2.75, 3.05) is 19.8 Å². The van der Waals surface area contributed by atoms with Gasteiger partial charge in [-0.2, -0.15) is 0 Å². The van der Waals surface area contributed by atoms with Gasteiger partial charge in [0.05, 0.1) is 0 Å². The van der Waals surface area contributed by atoms with Crippen molar-refractivity contribution in [1.82, 2.24) is 0 Å². The lowest BCUT2D eigenvalue weighted by molar-refractivity contribution is 0.0824. The van der Waals surface area contributed by atoms with Crippen molar-refractivity contribution >= 4 is 0 Å². The highest BCUT2D eigenvalue weighted by Gasteiger charge is 2.18. The average molecular weight is 186 g/mol. The van der Waals surface area contributed by atoms with Crippen molar-refractivity contribution in [3.63, 3.8) is 0 Å². The smallest absolute Gasteiger partial charge is 0.0494 e. The number of hydrogen-bond donors (Lipinski definition) is 2. The van der Waals surface area contributed by atoms with Crippen LogP contribution in [-0.2, 0) is 4.74 Å². The second kappa shape index (κ2) is 6.35. The van der Waals surface area contributed by atoms with E-state index in [1.54, 1.807) is 0 Å². The summed E-state index contributed by atoms with van der Waals surface area (Å²) in [6, 6.07) is 0.445. The molecule has 0 amide bonds. The van der Waals surface area contributed by atoms with Crippen LogP contribution in [0, 0.1) is 5.92 Å². The van der Waals surface area contributed by atoms with Crippen molar-refractivity contribution < 1.29 is 4.74 Å². The van der Waals surface area contributed by atoms with Crippen molar-refractivity contribution in [2.24, 2.45) is 17.4 Å². The summed E-state index contributed by atoms with van der Waals surface area (Å²) in [5, 5.41) is 0. The van der Waals surface area contributed by atoms with Gasteiger partial charge in [0.25, 0.3) is 0 Å². The van der Waals surface area contributed by atoms with E-state index in [-0.39, 0.29) is 0 Å². The van der Waals surface area contributed by atoms with Gasteiger partial charge in [-0.3, -0.25) is 0 Å². The number of hydrogen-bond acceptors (Lipinski definition) is 3. The van der Waals surface area contributed by atoms with E-state index in [4.69, 9.17) is 16.2 Å². The second-order valence-electron chi connectivity index (χ2n) is 4.00. The minimum atomic E-state index is 0.445. The molecule has 0 radical (unpaired) electrons. The summed E-state index contributed by atoms with van der Waals surface area (Å²) in [6.45, 7) is 2.46. The van der Waals surface area contributed by atoms with Gasteiger partial charge < -0.3 is 16.2 Å².